The molecule has 1 aromatic heterocycles. The number of piperazine rings is 1. The first-order valence-corrected chi connectivity index (χ1v) is 11.7. The molecule has 0 aliphatic carbocycles. The molecule has 1 fully saturated rings. The van der Waals surface area contributed by atoms with E-state index in [2.05, 4.69) is 15.3 Å². The Kier molecular flexibility index (Phi) is 6.70. The molecule has 0 unspecified atom stereocenters. The summed E-state index contributed by atoms with van der Waals surface area (Å²) in [5.74, 6) is 0.128. The van der Waals surface area contributed by atoms with Crippen molar-refractivity contribution in [3.05, 3.63) is 118 Å². The summed E-state index contributed by atoms with van der Waals surface area (Å²) >= 11 is 0. The van der Waals surface area contributed by atoms with Crippen LogP contribution in [0, 0.1) is 15.9 Å². The molecule has 1 N–H and O–H groups in total. The predicted octanol–water partition coefficient (Wildman–Crippen LogP) is 5.05. The van der Waals surface area contributed by atoms with Gasteiger partial charge in [-0.2, -0.15) is 0 Å². The summed E-state index contributed by atoms with van der Waals surface area (Å²) in [6, 6.07) is 25.8. The molecular weight excluding hydrogens is 459 g/mol. The summed E-state index contributed by atoms with van der Waals surface area (Å²) in [5, 5.41) is 15.6. The fourth-order valence-corrected chi connectivity index (χ4v) is 4.53. The molecule has 3 aromatic carbocycles. The Morgan fingerprint density at radius 2 is 1.36 bits per heavy atom. The number of nitrogens with one attached hydrogen (secondary N) is 1. The second kappa shape index (κ2) is 10.4. The molecule has 0 saturated carbocycles. The number of benzene rings is 3. The lowest BCUT2D eigenvalue weighted by Crippen LogP contribution is -2.47. The van der Waals surface area contributed by atoms with Gasteiger partial charge in [-0.15, -0.1) is 0 Å². The highest BCUT2D eigenvalue weighted by molar-refractivity contribution is 5.71. The third kappa shape index (κ3) is 4.81. The van der Waals surface area contributed by atoms with Crippen molar-refractivity contribution in [2.75, 3.05) is 41.3 Å². The smallest absolute Gasteiger partial charge is 0.353 e. The molecule has 182 valence electrons. The first-order valence-electron chi connectivity index (χ1n) is 11.7. The minimum Gasteiger partial charge on any atom is -0.366 e. The van der Waals surface area contributed by atoms with E-state index >= 15 is 0 Å². The quantitative estimate of drug-likeness (QED) is 0.290. The second-order valence-corrected chi connectivity index (χ2v) is 8.48. The first-order chi connectivity index (χ1) is 17.6. The van der Waals surface area contributed by atoms with E-state index in [4.69, 9.17) is 0 Å². The Hall–Kier alpha value is -4.53. The van der Waals surface area contributed by atoms with Gasteiger partial charge in [0.25, 0.3) is 0 Å². The van der Waals surface area contributed by atoms with Gasteiger partial charge in [0.1, 0.15) is 12.1 Å². The van der Waals surface area contributed by atoms with E-state index in [0.29, 0.717) is 31.9 Å². The SMILES string of the molecule is O=[N+]([O-])c1c(NC(c2ccccc2)c2ccccc2)ncnc1N1CCN(c2ccccc2F)CC1. The number of para-hydroxylation sites is 1. The van der Waals surface area contributed by atoms with Crippen LogP contribution in [0.3, 0.4) is 0 Å². The number of nitrogens with zero attached hydrogens (tertiary/aromatic N) is 5. The molecule has 0 bridgehead atoms. The monoisotopic (exact) mass is 484 g/mol. The Bertz CT molecular complexity index is 1290. The van der Waals surface area contributed by atoms with Gasteiger partial charge in [-0.05, 0) is 23.3 Å². The van der Waals surface area contributed by atoms with Gasteiger partial charge in [0.2, 0.25) is 11.6 Å². The van der Waals surface area contributed by atoms with Crippen LogP contribution in [0.25, 0.3) is 0 Å². The lowest BCUT2D eigenvalue weighted by Gasteiger charge is -2.36. The number of rotatable bonds is 7. The normalized spacial score (nSPS) is 13.6. The van der Waals surface area contributed by atoms with Crippen molar-refractivity contribution >= 4 is 23.0 Å². The molecule has 5 rings (SSSR count). The van der Waals surface area contributed by atoms with Gasteiger partial charge in [-0.3, -0.25) is 10.1 Å². The van der Waals surface area contributed by atoms with E-state index in [9.17, 15) is 14.5 Å². The van der Waals surface area contributed by atoms with Crippen molar-refractivity contribution in [2.45, 2.75) is 6.04 Å². The van der Waals surface area contributed by atoms with Crippen LogP contribution in [0.5, 0.6) is 0 Å². The van der Waals surface area contributed by atoms with Crippen molar-refractivity contribution in [3.63, 3.8) is 0 Å². The van der Waals surface area contributed by atoms with Crippen molar-refractivity contribution < 1.29 is 9.31 Å². The van der Waals surface area contributed by atoms with Gasteiger partial charge in [0, 0.05) is 26.2 Å². The van der Waals surface area contributed by atoms with Crippen LogP contribution >= 0.6 is 0 Å². The number of hydrogen-bond donors (Lipinski definition) is 1. The predicted molar refractivity (Wildman–Crippen MR) is 138 cm³/mol. The zero-order valence-electron chi connectivity index (χ0n) is 19.5. The Labute approximate surface area is 208 Å². The first kappa shape index (κ1) is 23.2. The third-order valence-electron chi connectivity index (χ3n) is 6.30. The summed E-state index contributed by atoms with van der Waals surface area (Å²) in [5.41, 5.74) is 2.27. The summed E-state index contributed by atoms with van der Waals surface area (Å²) < 4.78 is 14.2. The topological polar surface area (TPSA) is 87.4 Å². The number of nitro groups is 1. The van der Waals surface area contributed by atoms with Crippen LogP contribution < -0.4 is 15.1 Å². The lowest BCUT2D eigenvalue weighted by molar-refractivity contribution is -0.383. The maximum Gasteiger partial charge on any atom is 0.353 e. The molecule has 1 aliphatic heterocycles. The fraction of sp³-hybridized carbons (Fsp3) is 0.185. The molecule has 9 heteroatoms. The van der Waals surface area contributed by atoms with Gasteiger partial charge in [0.15, 0.2) is 0 Å². The number of aromatic nitrogens is 2. The average molecular weight is 485 g/mol. The van der Waals surface area contributed by atoms with Crippen molar-refractivity contribution in [1.29, 1.82) is 0 Å². The van der Waals surface area contributed by atoms with Crippen LogP contribution in [0.2, 0.25) is 0 Å². The molecule has 0 amide bonds. The van der Waals surface area contributed by atoms with Gasteiger partial charge in [-0.25, -0.2) is 14.4 Å². The number of hydrogen-bond acceptors (Lipinski definition) is 7. The molecule has 1 saturated heterocycles. The van der Waals surface area contributed by atoms with E-state index in [1.807, 2.05) is 70.5 Å². The number of halogens is 1. The Balaban J connectivity index is 1.44. The molecule has 8 nitrogen and oxygen atoms in total. The molecule has 2 heterocycles. The number of anilines is 3. The highest BCUT2D eigenvalue weighted by atomic mass is 19.1. The van der Waals surface area contributed by atoms with E-state index in [1.54, 1.807) is 18.2 Å². The Morgan fingerprint density at radius 3 is 1.94 bits per heavy atom. The van der Waals surface area contributed by atoms with Crippen molar-refractivity contribution in [3.8, 4) is 0 Å². The standard InChI is InChI=1S/C27H25FN6O2/c28-22-13-7-8-14-23(22)32-15-17-33(18-16-32)27-25(34(35)36)26(29-19-30-27)31-24(20-9-3-1-4-10-20)21-11-5-2-6-12-21/h1-14,19,24H,15-18H2,(H,29,30,31). The largest absolute Gasteiger partial charge is 0.366 e. The second-order valence-electron chi connectivity index (χ2n) is 8.48. The van der Waals surface area contributed by atoms with Crippen LogP contribution in [0.15, 0.2) is 91.3 Å². The maximum atomic E-state index is 14.2. The Morgan fingerprint density at radius 1 is 0.806 bits per heavy atom. The van der Waals surface area contributed by atoms with E-state index in [0.717, 1.165) is 11.1 Å². The molecule has 0 spiro atoms. The zero-order chi connectivity index (χ0) is 24.9. The van der Waals surface area contributed by atoms with Crippen molar-refractivity contribution in [2.24, 2.45) is 0 Å². The fourth-order valence-electron chi connectivity index (χ4n) is 4.53. The molecule has 4 aromatic rings. The van der Waals surface area contributed by atoms with Crippen LogP contribution in [-0.4, -0.2) is 41.1 Å². The summed E-state index contributed by atoms with van der Waals surface area (Å²) in [6.45, 7) is 1.96. The van der Waals surface area contributed by atoms with Crippen molar-refractivity contribution in [1.82, 2.24) is 9.97 Å². The molecule has 0 radical (unpaired) electrons. The maximum absolute atomic E-state index is 14.2. The minimum atomic E-state index is -0.437. The molecule has 0 atom stereocenters. The van der Waals surface area contributed by atoms with Gasteiger partial charge < -0.3 is 15.1 Å². The molecule has 36 heavy (non-hydrogen) atoms. The van der Waals surface area contributed by atoms with E-state index in [-0.39, 0.29) is 29.2 Å². The average Bonchev–Trinajstić information content (AvgIpc) is 2.93. The highest BCUT2D eigenvalue weighted by Gasteiger charge is 2.31. The zero-order valence-corrected chi connectivity index (χ0v) is 19.5. The summed E-state index contributed by atoms with van der Waals surface area (Å²) in [6.07, 6.45) is 1.35. The third-order valence-corrected chi connectivity index (χ3v) is 6.30. The molecular formula is C27H25FN6O2. The van der Waals surface area contributed by atoms with Gasteiger partial charge in [0.05, 0.1) is 16.7 Å². The minimum absolute atomic E-state index is 0.152. The lowest BCUT2D eigenvalue weighted by atomic mass is 9.98. The van der Waals surface area contributed by atoms with Gasteiger partial charge >= 0.3 is 5.69 Å². The van der Waals surface area contributed by atoms with E-state index in [1.165, 1.54) is 12.4 Å². The van der Waals surface area contributed by atoms with Gasteiger partial charge in [-0.1, -0.05) is 72.8 Å². The van der Waals surface area contributed by atoms with Crippen LogP contribution in [0.4, 0.5) is 27.4 Å². The summed E-state index contributed by atoms with van der Waals surface area (Å²) in [4.78, 5) is 24.2. The molecule has 1 aliphatic rings. The van der Waals surface area contributed by atoms with Crippen LogP contribution in [-0.2, 0) is 0 Å². The van der Waals surface area contributed by atoms with E-state index < -0.39 is 4.92 Å². The van der Waals surface area contributed by atoms with Crippen LogP contribution in [0.1, 0.15) is 17.2 Å². The highest BCUT2D eigenvalue weighted by Crippen LogP contribution is 2.36. The summed E-state index contributed by atoms with van der Waals surface area (Å²) in [7, 11) is 0.